The van der Waals surface area contributed by atoms with Crippen molar-refractivity contribution < 1.29 is 17.9 Å². The number of sulfonamides is 1. The standard InChI is InChI=1S/C22H28N2O4S/c1-18-6-5-7-19(14-18)15-23-11-10-22(16-23)17-24(12-13-27-2)29(25,26)21-9-4-3-8-20(21)28-22/h3-9,14H,10-13,15-17H2,1-2H3. The molecule has 0 radical (unpaired) electrons. The monoisotopic (exact) mass is 416 g/mol. The Labute approximate surface area is 173 Å². The molecule has 29 heavy (non-hydrogen) atoms. The zero-order chi connectivity index (χ0) is 20.5. The van der Waals surface area contributed by atoms with Crippen LogP contribution in [0.1, 0.15) is 17.5 Å². The van der Waals surface area contributed by atoms with Crippen LogP contribution in [0.5, 0.6) is 5.75 Å². The molecule has 2 aliphatic heterocycles. The number of hydrogen-bond acceptors (Lipinski definition) is 5. The Hall–Kier alpha value is -1.93. The summed E-state index contributed by atoms with van der Waals surface area (Å²) in [5.74, 6) is 0.449. The minimum absolute atomic E-state index is 0.241. The Morgan fingerprint density at radius 2 is 1.97 bits per heavy atom. The van der Waals surface area contributed by atoms with E-state index in [4.69, 9.17) is 9.47 Å². The molecule has 4 rings (SSSR count). The summed E-state index contributed by atoms with van der Waals surface area (Å²) in [5, 5.41) is 0. The zero-order valence-corrected chi connectivity index (χ0v) is 17.8. The first-order valence-electron chi connectivity index (χ1n) is 9.97. The van der Waals surface area contributed by atoms with E-state index in [1.807, 2.05) is 6.07 Å². The van der Waals surface area contributed by atoms with Gasteiger partial charge in [-0.05, 0) is 24.6 Å². The number of rotatable bonds is 5. The van der Waals surface area contributed by atoms with E-state index >= 15 is 0 Å². The molecule has 2 aromatic rings. The van der Waals surface area contributed by atoms with E-state index in [1.165, 1.54) is 15.4 Å². The van der Waals surface area contributed by atoms with Gasteiger partial charge in [-0.2, -0.15) is 4.31 Å². The second-order valence-electron chi connectivity index (χ2n) is 8.01. The molecule has 1 fully saturated rings. The van der Waals surface area contributed by atoms with Crippen molar-refractivity contribution in [2.75, 3.05) is 39.9 Å². The quantitative estimate of drug-likeness (QED) is 0.750. The molecule has 0 N–H and O–H groups in total. The molecule has 0 aromatic heterocycles. The number of para-hydroxylation sites is 1. The average molecular weight is 417 g/mol. The highest BCUT2D eigenvalue weighted by Crippen LogP contribution is 2.38. The van der Waals surface area contributed by atoms with Gasteiger partial charge in [-0.25, -0.2) is 8.42 Å². The third-order valence-electron chi connectivity index (χ3n) is 5.69. The normalized spacial score (nSPS) is 24.2. The number of aryl methyl sites for hydroxylation is 1. The molecule has 1 saturated heterocycles. The smallest absolute Gasteiger partial charge is 0.246 e. The Kier molecular flexibility index (Phi) is 5.66. The molecule has 1 spiro atoms. The van der Waals surface area contributed by atoms with E-state index < -0.39 is 15.6 Å². The van der Waals surface area contributed by atoms with Gasteiger partial charge in [0.2, 0.25) is 10.0 Å². The van der Waals surface area contributed by atoms with Crippen molar-refractivity contribution >= 4 is 10.0 Å². The molecule has 1 atom stereocenters. The van der Waals surface area contributed by atoms with Crippen LogP contribution in [0.2, 0.25) is 0 Å². The van der Waals surface area contributed by atoms with E-state index in [9.17, 15) is 8.42 Å². The number of ether oxygens (including phenoxy) is 2. The lowest BCUT2D eigenvalue weighted by Crippen LogP contribution is -2.49. The van der Waals surface area contributed by atoms with E-state index in [0.29, 0.717) is 32.0 Å². The summed E-state index contributed by atoms with van der Waals surface area (Å²) in [6.07, 6.45) is 0.784. The Morgan fingerprint density at radius 1 is 1.14 bits per heavy atom. The summed E-state index contributed by atoms with van der Waals surface area (Å²) in [6, 6.07) is 15.5. The van der Waals surface area contributed by atoms with Crippen LogP contribution >= 0.6 is 0 Å². The number of likely N-dealkylation sites (tertiary alicyclic amines) is 1. The Morgan fingerprint density at radius 3 is 2.76 bits per heavy atom. The number of methoxy groups -OCH3 is 1. The van der Waals surface area contributed by atoms with Crippen molar-refractivity contribution in [3.63, 3.8) is 0 Å². The molecule has 2 heterocycles. The van der Waals surface area contributed by atoms with Crippen molar-refractivity contribution in [3.8, 4) is 5.75 Å². The van der Waals surface area contributed by atoms with Crippen molar-refractivity contribution in [2.24, 2.45) is 0 Å². The molecule has 0 bridgehead atoms. The third-order valence-corrected chi connectivity index (χ3v) is 7.57. The Bertz CT molecular complexity index is 978. The molecule has 2 aliphatic rings. The second-order valence-corrected chi connectivity index (χ2v) is 9.92. The average Bonchev–Trinajstić information content (AvgIpc) is 3.03. The molecule has 0 aliphatic carbocycles. The van der Waals surface area contributed by atoms with Crippen molar-refractivity contribution in [1.29, 1.82) is 0 Å². The van der Waals surface area contributed by atoms with Crippen LogP contribution in [-0.2, 0) is 21.3 Å². The summed E-state index contributed by atoms with van der Waals surface area (Å²) in [7, 11) is -2.04. The van der Waals surface area contributed by atoms with Gasteiger partial charge in [0.15, 0.2) is 0 Å². The Balaban J connectivity index is 1.62. The molecule has 156 valence electrons. The maximum absolute atomic E-state index is 13.3. The van der Waals surface area contributed by atoms with Crippen LogP contribution in [0.25, 0.3) is 0 Å². The lowest BCUT2D eigenvalue weighted by Gasteiger charge is -2.32. The number of hydrogen-bond donors (Lipinski definition) is 0. The highest BCUT2D eigenvalue weighted by Gasteiger charge is 2.47. The molecule has 6 nitrogen and oxygen atoms in total. The van der Waals surface area contributed by atoms with Crippen molar-refractivity contribution in [3.05, 3.63) is 59.7 Å². The molecule has 2 aromatic carbocycles. The number of nitrogens with zero attached hydrogens (tertiary/aromatic N) is 2. The largest absolute Gasteiger partial charge is 0.483 e. The molecule has 7 heteroatoms. The predicted octanol–water partition coefficient (Wildman–Crippen LogP) is 2.67. The van der Waals surface area contributed by atoms with Gasteiger partial charge in [-0.1, -0.05) is 42.0 Å². The highest BCUT2D eigenvalue weighted by atomic mass is 32.2. The third kappa shape index (κ3) is 4.19. The first-order valence-corrected chi connectivity index (χ1v) is 11.4. The van der Waals surface area contributed by atoms with Gasteiger partial charge < -0.3 is 9.47 Å². The molecule has 1 unspecified atom stereocenters. The van der Waals surface area contributed by atoms with Crippen LogP contribution in [-0.4, -0.2) is 63.1 Å². The topological polar surface area (TPSA) is 59.1 Å². The van der Waals surface area contributed by atoms with E-state index in [0.717, 1.165) is 19.5 Å². The summed E-state index contributed by atoms with van der Waals surface area (Å²) < 4.78 is 39.7. The van der Waals surface area contributed by atoms with Crippen LogP contribution in [0.15, 0.2) is 53.4 Å². The summed E-state index contributed by atoms with van der Waals surface area (Å²) in [6.45, 7) is 5.49. The maximum atomic E-state index is 13.3. The first-order chi connectivity index (χ1) is 13.9. The summed E-state index contributed by atoms with van der Waals surface area (Å²) in [4.78, 5) is 2.59. The van der Waals surface area contributed by atoms with Crippen molar-refractivity contribution in [2.45, 2.75) is 30.4 Å². The predicted molar refractivity (Wildman–Crippen MR) is 112 cm³/mol. The molecule has 0 amide bonds. The lowest BCUT2D eigenvalue weighted by molar-refractivity contribution is 0.0533. The van der Waals surface area contributed by atoms with E-state index in [2.05, 4.69) is 36.1 Å². The molecular weight excluding hydrogens is 388 g/mol. The van der Waals surface area contributed by atoms with Gasteiger partial charge in [-0.15, -0.1) is 0 Å². The van der Waals surface area contributed by atoms with Gasteiger partial charge in [0.05, 0.1) is 13.2 Å². The van der Waals surface area contributed by atoms with Crippen LogP contribution in [0.4, 0.5) is 0 Å². The van der Waals surface area contributed by atoms with Crippen LogP contribution < -0.4 is 4.74 Å². The lowest BCUT2D eigenvalue weighted by atomic mass is 10.0. The van der Waals surface area contributed by atoms with E-state index in [1.54, 1.807) is 25.3 Å². The van der Waals surface area contributed by atoms with Crippen molar-refractivity contribution in [1.82, 2.24) is 9.21 Å². The zero-order valence-electron chi connectivity index (χ0n) is 17.0. The number of fused-ring (bicyclic) bond motifs is 1. The second kappa shape index (κ2) is 8.07. The van der Waals surface area contributed by atoms with Gasteiger partial charge >= 0.3 is 0 Å². The summed E-state index contributed by atoms with van der Waals surface area (Å²) in [5.41, 5.74) is 1.95. The van der Waals surface area contributed by atoms with Crippen LogP contribution in [0.3, 0.4) is 0 Å². The minimum Gasteiger partial charge on any atom is -0.483 e. The first kappa shape index (κ1) is 20.3. The molecular formula is C22H28N2O4S. The maximum Gasteiger partial charge on any atom is 0.246 e. The van der Waals surface area contributed by atoms with Gasteiger partial charge in [-0.3, -0.25) is 4.90 Å². The minimum atomic E-state index is -3.63. The van der Waals surface area contributed by atoms with Crippen LogP contribution in [0, 0.1) is 6.92 Å². The molecule has 0 saturated carbocycles. The van der Waals surface area contributed by atoms with Gasteiger partial charge in [0.1, 0.15) is 16.2 Å². The fourth-order valence-corrected chi connectivity index (χ4v) is 5.91. The van der Waals surface area contributed by atoms with E-state index in [-0.39, 0.29) is 4.90 Å². The summed E-state index contributed by atoms with van der Waals surface area (Å²) >= 11 is 0. The highest BCUT2D eigenvalue weighted by molar-refractivity contribution is 7.89. The fraction of sp³-hybridized carbons (Fsp3) is 0.455. The van der Waals surface area contributed by atoms with Gasteiger partial charge in [0.25, 0.3) is 0 Å². The number of benzene rings is 2. The van der Waals surface area contributed by atoms with Gasteiger partial charge in [0, 0.05) is 39.7 Å². The fourth-order valence-electron chi connectivity index (χ4n) is 4.29. The SMILES string of the molecule is COCCN1CC2(CCN(Cc3cccc(C)c3)C2)Oc2ccccc2S1(=O)=O.